The summed E-state index contributed by atoms with van der Waals surface area (Å²) in [6.45, 7) is 7.31. The van der Waals surface area contributed by atoms with Crippen molar-refractivity contribution in [2.24, 2.45) is 11.3 Å². The highest BCUT2D eigenvalue weighted by atomic mass is 15.2. The molecule has 0 saturated heterocycles. The molecule has 2 heteroatoms. The van der Waals surface area contributed by atoms with Gasteiger partial charge in [0.2, 0.25) is 0 Å². The van der Waals surface area contributed by atoms with Gasteiger partial charge in [-0.15, -0.1) is 0 Å². The van der Waals surface area contributed by atoms with Gasteiger partial charge < -0.3 is 5.32 Å². The van der Waals surface area contributed by atoms with Gasteiger partial charge in [0.15, 0.2) is 0 Å². The maximum absolute atomic E-state index is 3.61. The zero-order chi connectivity index (χ0) is 14.8. The Labute approximate surface area is 126 Å². The van der Waals surface area contributed by atoms with Crippen LogP contribution in [0.4, 0.5) is 0 Å². The summed E-state index contributed by atoms with van der Waals surface area (Å²) in [5.41, 5.74) is 0.507. The molecule has 20 heavy (non-hydrogen) atoms. The fraction of sp³-hybridized carbons (Fsp3) is 1.00. The Balaban J connectivity index is 2.05. The van der Waals surface area contributed by atoms with Crippen LogP contribution in [-0.2, 0) is 0 Å². The van der Waals surface area contributed by atoms with Crippen LogP contribution in [0.5, 0.6) is 0 Å². The Morgan fingerprint density at radius 2 is 1.75 bits per heavy atom. The van der Waals surface area contributed by atoms with Gasteiger partial charge in [0, 0.05) is 18.1 Å². The summed E-state index contributed by atoms with van der Waals surface area (Å²) < 4.78 is 0. The Morgan fingerprint density at radius 1 is 1.10 bits per heavy atom. The standard InChI is InChI=1S/C18H36N2/c1-6-18(2,3)14-11-12-16(19-4)17(13-14)20(5)15-9-7-8-10-15/h14-17,19H,6-13H2,1-5H3. The van der Waals surface area contributed by atoms with Crippen LogP contribution < -0.4 is 5.32 Å². The van der Waals surface area contributed by atoms with Gasteiger partial charge in [-0.05, 0) is 57.5 Å². The minimum atomic E-state index is 0.507. The van der Waals surface area contributed by atoms with Gasteiger partial charge in [-0.25, -0.2) is 0 Å². The van der Waals surface area contributed by atoms with Crippen molar-refractivity contribution in [2.45, 2.75) is 90.3 Å². The van der Waals surface area contributed by atoms with E-state index in [-0.39, 0.29) is 0 Å². The summed E-state index contributed by atoms with van der Waals surface area (Å²) in [6.07, 6.45) is 11.2. The van der Waals surface area contributed by atoms with Crippen LogP contribution in [0.1, 0.15) is 72.1 Å². The van der Waals surface area contributed by atoms with Crippen LogP contribution in [0.25, 0.3) is 0 Å². The molecule has 3 atom stereocenters. The summed E-state index contributed by atoms with van der Waals surface area (Å²) in [4.78, 5) is 2.74. The van der Waals surface area contributed by atoms with Crippen molar-refractivity contribution < 1.29 is 0 Å². The average molecular weight is 280 g/mol. The molecule has 0 aromatic heterocycles. The first-order valence-electron chi connectivity index (χ1n) is 8.88. The Kier molecular flexibility index (Phi) is 5.53. The second-order valence-electron chi connectivity index (χ2n) is 7.92. The minimum absolute atomic E-state index is 0.507. The van der Waals surface area contributed by atoms with Gasteiger partial charge in [-0.1, -0.05) is 40.0 Å². The lowest BCUT2D eigenvalue weighted by molar-refractivity contribution is 0.0452. The van der Waals surface area contributed by atoms with E-state index in [2.05, 4.69) is 45.1 Å². The topological polar surface area (TPSA) is 15.3 Å². The van der Waals surface area contributed by atoms with E-state index in [0.717, 1.165) is 18.0 Å². The fourth-order valence-electron chi connectivity index (χ4n) is 4.51. The Morgan fingerprint density at radius 3 is 2.30 bits per heavy atom. The third kappa shape index (κ3) is 3.39. The third-order valence-electron chi connectivity index (χ3n) is 6.63. The number of rotatable bonds is 5. The molecular formula is C18H36N2. The van der Waals surface area contributed by atoms with Crippen molar-refractivity contribution in [1.82, 2.24) is 10.2 Å². The van der Waals surface area contributed by atoms with Gasteiger partial charge >= 0.3 is 0 Å². The molecule has 2 fully saturated rings. The first kappa shape index (κ1) is 16.3. The molecule has 2 aliphatic carbocycles. The monoisotopic (exact) mass is 280 g/mol. The first-order chi connectivity index (χ1) is 9.49. The van der Waals surface area contributed by atoms with E-state index in [1.54, 1.807) is 0 Å². The van der Waals surface area contributed by atoms with Crippen LogP contribution in [0.2, 0.25) is 0 Å². The number of likely N-dealkylation sites (N-methyl/N-ethyl adjacent to an activating group) is 2. The van der Waals surface area contributed by atoms with Gasteiger partial charge in [-0.2, -0.15) is 0 Å². The molecule has 2 saturated carbocycles. The van der Waals surface area contributed by atoms with E-state index < -0.39 is 0 Å². The lowest BCUT2D eigenvalue weighted by atomic mass is 9.67. The maximum atomic E-state index is 3.61. The summed E-state index contributed by atoms with van der Waals surface area (Å²) in [5.74, 6) is 0.894. The summed E-state index contributed by atoms with van der Waals surface area (Å²) in [7, 11) is 4.55. The molecule has 0 bridgehead atoms. The average Bonchev–Trinajstić information content (AvgIpc) is 3.00. The quantitative estimate of drug-likeness (QED) is 0.817. The molecule has 0 aromatic carbocycles. The van der Waals surface area contributed by atoms with Gasteiger partial charge in [0.05, 0.1) is 0 Å². The molecule has 0 spiro atoms. The van der Waals surface area contributed by atoms with Crippen molar-refractivity contribution in [3.63, 3.8) is 0 Å². The molecule has 0 aromatic rings. The molecule has 2 rings (SSSR count). The summed E-state index contributed by atoms with van der Waals surface area (Å²) >= 11 is 0. The largest absolute Gasteiger partial charge is 0.315 e. The number of nitrogens with zero attached hydrogens (tertiary/aromatic N) is 1. The molecule has 0 aliphatic heterocycles. The first-order valence-corrected chi connectivity index (χ1v) is 8.88. The SMILES string of the molecule is CCC(C)(C)C1CCC(NC)C(N(C)C2CCCC2)C1. The molecular weight excluding hydrogens is 244 g/mol. The molecule has 3 unspecified atom stereocenters. The Bertz CT molecular complexity index is 294. The van der Waals surface area contributed by atoms with E-state index in [9.17, 15) is 0 Å². The van der Waals surface area contributed by atoms with Gasteiger partial charge in [-0.3, -0.25) is 4.90 Å². The van der Waals surface area contributed by atoms with Crippen LogP contribution in [0, 0.1) is 11.3 Å². The van der Waals surface area contributed by atoms with Gasteiger partial charge in [0.25, 0.3) is 0 Å². The molecule has 0 radical (unpaired) electrons. The molecule has 118 valence electrons. The number of nitrogens with one attached hydrogen (secondary N) is 1. The van der Waals surface area contributed by atoms with E-state index >= 15 is 0 Å². The molecule has 1 N–H and O–H groups in total. The summed E-state index contributed by atoms with van der Waals surface area (Å²) in [6, 6.07) is 2.29. The molecule has 2 nitrogen and oxygen atoms in total. The number of hydrogen-bond donors (Lipinski definition) is 1. The smallest absolute Gasteiger partial charge is 0.0251 e. The van der Waals surface area contributed by atoms with E-state index in [4.69, 9.17) is 0 Å². The maximum Gasteiger partial charge on any atom is 0.0251 e. The predicted molar refractivity (Wildman–Crippen MR) is 88.1 cm³/mol. The second-order valence-corrected chi connectivity index (χ2v) is 7.92. The van der Waals surface area contributed by atoms with Crippen LogP contribution in [0.15, 0.2) is 0 Å². The minimum Gasteiger partial charge on any atom is -0.315 e. The normalized spacial score (nSPS) is 33.0. The van der Waals surface area contributed by atoms with E-state index in [1.807, 2.05) is 0 Å². The molecule has 0 amide bonds. The highest BCUT2D eigenvalue weighted by molar-refractivity contribution is 4.95. The van der Waals surface area contributed by atoms with Crippen molar-refractivity contribution in [3.8, 4) is 0 Å². The molecule has 2 aliphatic rings. The summed E-state index contributed by atoms with van der Waals surface area (Å²) in [5, 5.41) is 3.61. The van der Waals surface area contributed by atoms with E-state index in [0.29, 0.717) is 11.5 Å². The lowest BCUT2D eigenvalue weighted by Gasteiger charge is -2.47. The highest BCUT2D eigenvalue weighted by Crippen LogP contribution is 2.42. The van der Waals surface area contributed by atoms with Crippen molar-refractivity contribution in [3.05, 3.63) is 0 Å². The Hall–Kier alpha value is -0.0800. The van der Waals surface area contributed by atoms with Crippen LogP contribution in [0.3, 0.4) is 0 Å². The zero-order valence-corrected chi connectivity index (χ0v) is 14.4. The molecule has 0 heterocycles. The number of hydrogen-bond acceptors (Lipinski definition) is 2. The van der Waals surface area contributed by atoms with Crippen LogP contribution >= 0.6 is 0 Å². The van der Waals surface area contributed by atoms with Crippen molar-refractivity contribution in [2.75, 3.05) is 14.1 Å². The lowest BCUT2D eigenvalue weighted by Crippen LogP contribution is -2.54. The van der Waals surface area contributed by atoms with Gasteiger partial charge in [0.1, 0.15) is 0 Å². The van der Waals surface area contributed by atoms with E-state index in [1.165, 1.54) is 51.4 Å². The van der Waals surface area contributed by atoms with Crippen molar-refractivity contribution >= 4 is 0 Å². The second kappa shape index (κ2) is 6.79. The zero-order valence-electron chi connectivity index (χ0n) is 14.4. The van der Waals surface area contributed by atoms with Crippen molar-refractivity contribution in [1.29, 1.82) is 0 Å². The highest BCUT2D eigenvalue weighted by Gasteiger charge is 2.39. The van der Waals surface area contributed by atoms with Crippen LogP contribution in [-0.4, -0.2) is 37.1 Å². The third-order valence-corrected chi connectivity index (χ3v) is 6.63. The predicted octanol–water partition coefficient (Wildman–Crippen LogP) is 4.05. The fourth-order valence-corrected chi connectivity index (χ4v) is 4.51.